The van der Waals surface area contributed by atoms with E-state index in [2.05, 4.69) is 20.7 Å². The van der Waals surface area contributed by atoms with Crippen LogP contribution in [0, 0.1) is 0 Å². The van der Waals surface area contributed by atoms with Gasteiger partial charge in [0, 0.05) is 6.20 Å². The number of benzene rings is 1. The summed E-state index contributed by atoms with van der Waals surface area (Å²) in [5.74, 6) is -0.0818. The molecule has 0 bridgehead atoms. The van der Waals surface area contributed by atoms with Crippen molar-refractivity contribution in [1.82, 2.24) is 10.2 Å². The van der Waals surface area contributed by atoms with Gasteiger partial charge in [-0.25, -0.2) is 0 Å². The van der Waals surface area contributed by atoms with Crippen molar-refractivity contribution in [2.24, 2.45) is 10.9 Å². The Labute approximate surface area is 114 Å². The number of H-pyrrole nitrogens is 1. The number of hydrogen-bond donors (Lipinski definition) is 4. The van der Waals surface area contributed by atoms with Gasteiger partial charge in [-0.1, -0.05) is 17.3 Å². The summed E-state index contributed by atoms with van der Waals surface area (Å²) in [6, 6.07) is 6.68. The molecule has 8 heteroatoms. The number of nitrogens with one attached hydrogen (secondary N) is 2. The summed E-state index contributed by atoms with van der Waals surface area (Å²) in [5, 5.41) is 20.5. The third kappa shape index (κ3) is 3.25. The Hall–Kier alpha value is -3.03. The number of anilines is 1. The molecule has 0 spiro atoms. The molecule has 0 aliphatic carbocycles. The Kier molecular flexibility index (Phi) is 4.17. The van der Waals surface area contributed by atoms with Gasteiger partial charge in [-0.2, -0.15) is 5.10 Å². The van der Waals surface area contributed by atoms with E-state index in [1.54, 1.807) is 30.5 Å². The molecule has 0 aliphatic rings. The molecule has 8 nitrogen and oxygen atoms in total. The zero-order valence-electron chi connectivity index (χ0n) is 10.4. The molecule has 0 unspecified atom stereocenters. The zero-order chi connectivity index (χ0) is 14.4. The van der Waals surface area contributed by atoms with Crippen molar-refractivity contribution in [3.8, 4) is 5.75 Å². The molecule has 0 saturated heterocycles. The van der Waals surface area contributed by atoms with Crippen LogP contribution in [0.5, 0.6) is 5.75 Å². The van der Waals surface area contributed by atoms with E-state index in [9.17, 15) is 4.79 Å². The van der Waals surface area contributed by atoms with E-state index in [1.165, 1.54) is 6.20 Å². The minimum absolute atomic E-state index is 0.0872. The number of oxime groups is 1. The SMILES string of the molecule is N/C(=N\O)c1ccccc1OCC(=O)Nc1cn[nH]c1. The molecule has 1 aromatic carbocycles. The quantitative estimate of drug-likeness (QED) is 0.274. The minimum Gasteiger partial charge on any atom is -0.483 e. The molecule has 1 heterocycles. The van der Waals surface area contributed by atoms with E-state index in [0.717, 1.165) is 0 Å². The Balaban J connectivity index is 1.99. The standard InChI is InChI=1S/C12H13N5O3/c13-12(17-19)9-3-1-2-4-10(9)20-7-11(18)16-8-5-14-15-6-8/h1-6,19H,7H2,(H2,13,17)(H,14,15)(H,16,18). The summed E-state index contributed by atoms with van der Waals surface area (Å²) in [6.07, 6.45) is 3.02. The molecule has 104 valence electrons. The fourth-order valence-electron chi connectivity index (χ4n) is 1.52. The highest BCUT2D eigenvalue weighted by Crippen LogP contribution is 2.17. The maximum absolute atomic E-state index is 11.6. The Bertz CT molecular complexity index is 609. The number of para-hydroxylation sites is 1. The monoisotopic (exact) mass is 275 g/mol. The van der Waals surface area contributed by atoms with Crippen molar-refractivity contribution in [2.45, 2.75) is 0 Å². The molecule has 0 aliphatic heterocycles. The summed E-state index contributed by atoms with van der Waals surface area (Å²) in [7, 11) is 0. The first-order chi connectivity index (χ1) is 9.70. The van der Waals surface area contributed by atoms with Crippen molar-refractivity contribution in [2.75, 3.05) is 11.9 Å². The van der Waals surface area contributed by atoms with E-state index in [4.69, 9.17) is 15.7 Å². The second-order valence-corrected chi connectivity index (χ2v) is 3.81. The van der Waals surface area contributed by atoms with Gasteiger partial charge in [0.05, 0.1) is 17.4 Å². The fraction of sp³-hybridized carbons (Fsp3) is 0.0833. The number of amides is 1. The van der Waals surface area contributed by atoms with Crippen LogP contribution in [0.25, 0.3) is 0 Å². The molecule has 2 aromatic rings. The first-order valence-electron chi connectivity index (χ1n) is 5.69. The number of carbonyl (C=O) groups excluding carboxylic acids is 1. The number of rotatable bonds is 5. The van der Waals surface area contributed by atoms with E-state index >= 15 is 0 Å². The van der Waals surface area contributed by atoms with E-state index in [1.807, 2.05) is 0 Å². The average molecular weight is 275 g/mol. The molecular weight excluding hydrogens is 262 g/mol. The lowest BCUT2D eigenvalue weighted by Crippen LogP contribution is -2.21. The lowest BCUT2D eigenvalue weighted by atomic mass is 10.2. The highest BCUT2D eigenvalue weighted by atomic mass is 16.5. The molecule has 0 saturated carbocycles. The number of ether oxygens (including phenoxy) is 1. The largest absolute Gasteiger partial charge is 0.483 e. The van der Waals surface area contributed by atoms with Gasteiger partial charge in [0.15, 0.2) is 12.4 Å². The molecule has 0 fully saturated rings. The molecule has 0 atom stereocenters. The van der Waals surface area contributed by atoms with Crippen LogP contribution >= 0.6 is 0 Å². The molecule has 5 N–H and O–H groups in total. The normalized spacial score (nSPS) is 11.1. The van der Waals surface area contributed by atoms with Gasteiger partial charge in [0.1, 0.15) is 5.75 Å². The van der Waals surface area contributed by atoms with Crippen LogP contribution in [0.1, 0.15) is 5.56 Å². The van der Waals surface area contributed by atoms with Crippen LogP contribution in [0.3, 0.4) is 0 Å². The lowest BCUT2D eigenvalue weighted by Gasteiger charge is -2.10. The van der Waals surface area contributed by atoms with Crippen molar-refractivity contribution in [3.63, 3.8) is 0 Å². The van der Waals surface area contributed by atoms with Crippen LogP contribution < -0.4 is 15.8 Å². The second kappa shape index (κ2) is 6.23. The smallest absolute Gasteiger partial charge is 0.262 e. The van der Waals surface area contributed by atoms with E-state index in [0.29, 0.717) is 17.0 Å². The van der Waals surface area contributed by atoms with Gasteiger partial charge in [-0.15, -0.1) is 0 Å². The lowest BCUT2D eigenvalue weighted by molar-refractivity contribution is -0.118. The molecule has 1 aromatic heterocycles. The third-order valence-corrected chi connectivity index (χ3v) is 2.41. The van der Waals surface area contributed by atoms with Crippen LogP contribution in [0.2, 0.25) is 0 Å². The van der Waals surface area contributed by atoms with Gasteiger partial charge in [0.2, 0.25) is 0 Å². The maximum atomic E-state index is 11.6. The van der Waals surface area contributed by atoms with Gasteiger partial charge in [-0.3, -0.25) is 9.89 Å². The number of carbonyl (C=O) groups is 1. The van der Waals surface area contributed by atoms with E-state index in [-0.39, 0.29) is 18.3 Å². The molecule has 20 heavy (non-hydrogen) atoms. The fourth-order valence-corrected chi connectivity index (χ4v) is 1.52. The van der Waals surface area contributed by atoms with Crippen LogP contribution in [0.15, 0.2) is 41.8 Å². The number of aromatic amines is 1. The maximum Gasteiger partial charge on any atom is 0.262 e. The Morgan fingerprint density at radius 3 is 3.00 bits per heavy atom. The molecular formula is C12H13N5O3. The minimum atomic E-state index is -0.347. The number of amidine groups is 1. The predicted octanol–water partition coefficient (Wildman–Crippen LogP) is 0.522. The number of nitrogens with two attached hydrogens (primary N) is 1. The van der Waals surface area contributed by atoms with Crippen LogP contribution in [-0.2, 0) is 4.79 Å². The topological polar surface area (TPSA) is 126 Å². The summed E-state index contributed by atoms with van der Waals surface area (Å²) < 4.78 is 5.36. The Morgan fingerprint density at radius 1 is 1.50 bits per heavy atom. The summed E-state index contributed by atoms with van der Waals surface area (Å²) in [6.45, 7) is -0.207. The van der Waals surface area contributed by atoms with Gasteiger partial charge < -0.3 is 21.0 Å². The van der Waals surface area contributed by atoms with E-state index < -0.39 is 0 Å². The van der Waals surface area contributed by atoms with Crippen molar-refractivity contribution < 1.29 is 14.7 Å². The summed E-state index contributed by atoms with van der Waals surface area (Å²) >= 11 is 0. The highest BCUT2D eigenvalue weighted by Gasteiger charge is 2.10. The van der Waals surface area contributed by atoms with Crippen LogP contribution in [-0.4, -0.2) is 33.8 Å². The third-order valence-electron chi connectivity index (χ3n) is 2.41. The number of hydrogen-bond acceptors (Lipinski definition) is 5. The molecule has 0 radical (unpaired) electrons. The number of aromatic nitrogens is 2. The molecule has 2 rings (SSSR count). The Morgan fingerprint density at radius 2 is 2.30 bits per heavy atom. The zero-order valence-corrected chi connectivity index (χ0v) is 10.4. The summed E-state index contributed by atoms with van der Waals surface area (Å²) in [4.78, 5) is 11.6. The van der Waals surface area contributed by atoms with Gasteiger partial charge in [-0.05, 0) is 12.1 Å². The molecule has 1 amide bonds. The second-order valence-electron chi connectivity index (χ2n) is 3.81. The predicted molar refractivity (Wildman–Crippen MR) is 71.7 cm³/mol. The van der Waals surface area contributed by atoms with Crippen molar-refractivity contribution >= 4 is 17.4 Å². The van der Waals surface area contributed by atoms with Crippen molar-refractivity contribution in [1.29, 1.82) is 0 Å². The van der Waals surface area contributed by atoms with Gasteiger partial charge in [0.25, 0.3) is 5.91 Å². The first kappa shape index (κ1) is 13.4. The number of nitrogens with zero attached hydrogens (tertiary/aromatic N) is 2. The van der Waals surface area contributed by atoms with Gasteiger partial charge >= 0.3 is 0 Å². The summed E-state index contributed by atoms with van der Waals surface area (Å²) in [5.41, 5.74) is 6.47. The highest BCUT2D eigenvalue weighted by molar-refractivity contribution is 5.99. The van der Waals surface area contributed by atoms with Crippen molar-refractivity contribution in [3.05, 3.63) is 42.2 Å². The van der Waals surface area contributed by atoms with Crippen LogP contribution in [0.4, 0.5) is 5.69 Å². The average Bonchev–Trinajstić information content (AvgIpc) is 2.97. The first-order valence-corrected chi connectivity index (χ1v) is 5.69.